The van der Waals surface area contributed by atoms with Crippen molar-refractivity contribution in [3.8, 4) is 0 Å². The molecule has 0 spiro atoms. The van der Waals surface area contributed by atoms with Gasteiger partial charge in [0.15, 0.2) is 5.16 Å². The Kier molecular flexibility index (Phi) is 5.73. The van der Waals surface area contributed by atoms with Crippen LogP contribution < -0.4 is 5.32 Å². The van der Waals surface area contributed by atoms with E-state index >= 15 is 0 Å². The van der Waals surface area contributed by atoms with Crippen LogP contribution in [-0.4, -0.2) is 26.4 Å². The Bertz CT molecular complexity index is 929. The molecule has 1 heterocycles. The first kappa shape index (κ1) is 18.2. The fourth-order valence-electron chi connectivity index (χ4n) is 2.93. The van der Waals surface area contributed by atoms with E-state index < -0.39 is 0 Å². The molecule has 0 aliphatic carbocycles. The predicted molar refractivity (Wildman–Crippen MR) is 106 cm³/mol. The largest absolute Gasteiger partial charge is 0.349 e. The van der Waals surface area contributed by atoms with Gasteiger partial charge in [-0.25, -0.2) is 0 Å². The SMILES string of the molecule is C=CCn1c(C)nnc1SCC(=O)NC(C)c1cccc2ccccc12. The molecule has 1 N–H and O–H groups in total. The molecule has 134 valence electrons. The highest BCUT2D eigenvalue weighted by Gasteiger charge is 2.14. The average molecular weight is 366 g/mol. The number of thioether (sulfide) groups is 1. The number of hydrogen-bond donors (Lipinski definition) is 1. The van der Waals surface area contributed by atoms with Crippen LogP contribution in [0, 0.1) is 6.92 Å². The fraction of sp³-hybridized carbons (Fsp3) is 0.250. The van der Waals surface area contributed by atoms with E-state index in [0.717, 1.165) is 21.9 Å². The van der Waals surface area contributed by atoms with Crippen molar-refractivity contribution in [1.82, 2.24) is 20.1 Å². The van der Waals surface area contributed by atoms with Crippen LogP contribution in [0.5, 0.6) is 0 Å². The summed E-state index contributed by atoms with van der Waals surface area (Å²) < 4.78 is 1.94. The molecule has 2 aromatic carbocycles. The summed E-state index contributed by atoms with van der Waals surface area (Å²) in [7, 11) is 0. The number of nitrogens with one attached hydrogen (secondary N) is 1. The van der Waals surface area contributed by atoms with Gasteiger partial charge in [0.2, 0.25) is 5.91 Å². The lowest BCUT2D eigenvalue weighted by Crippen LogP contribution is -2.28. The second-order valence-electron chi connectivity index (χ2n) is 6.08. The molecule has 5 nitrogen and oxygen atoms in total. The molecule has 0 aliphatic heterocycles. The molecule has 1 atom stereocenters. The van der Waals surface area contributed by atoms with Gasteiger partial charge in [0.05, 0.1) is 11.8 Å². The summed E-state index contributed by atoms with van der Waals surface area (Å²) in [6.07, 6.45) is 1.79. The highest BCUT2D eigenvalue weighted by atomic mass is 32.2. The lowest BCUT2D eigenvalue weighted by Gasteiger charge is -2.16. The van der Waals surface area contributed by atoms with E-state index in [0.29, 0.717) is 12.3 Å². The molecule has 1 amide bonds. The minimum atomic E-state index is -0.0676. The maximum atomic E-state index is 12.4. The number of hydrogen-bond acceptors (Lipinski definition) is 4. The number of rotatable bonds is 7. The summed E-state index contributed by atoms with van der Waals surface area (Å²) in [4.78, 5) is 12.4. The lowest BCUT2D eigenvalue weighted by atomic mass is 10.00. The van der Waals surface area contributed by atoms with Crippen LogP contribution in [0.4, 0.5) is 0 Å². The van der Waals surface area contributed by atoms with Crippen LogP contribution in [0.1, 0.15) is 24.4 Å². The molecule has 0 saturated heterocycles. The number of amides is 1. The molecule has 6 heteroatoms. The summed E-state index contributed by atoms with van der Waals surface area (Å²) in [6.45, 7) is 8.28. The molecular formula is C20H22N4OS. The van der Waals surface area contributed by atoms with Crippen molar-refractivity contribution in [2.45, 2.75) is 31.6 Å². The summed E-state index contributed by atoms with van der Waals surface area (Å²) in [5, 5.41) is 14.4. The number of carbonyl (C=O) groups is 1. The van der Waals surface area contributed by atoms with Crippen LogP contribution >= 0.6 is 11.8 Å². The van der Waals surface area contributed by atoms with E-state index in [1.165, 1.54) is 17.1 Å². The van der Waals surface area contributed by atoms with E-state index in [4.69, 9.17) is 0 Å². The van der Waals surface area contributed by atoms with E-state index in [1.807, 2.05) is 36.6 Å². The minimum absolute atomic E-state index is 0.0266. The van der Waals surface area contributed by atoms with Crippen LogP contribution in [0.15, 0.2) is 60.3 Å². The highest BCUT2D eigenvalue weighted by molar-refractivity contribution is 7.99. The third-order valence-electron chi connectivity index (χ3n) is 4.21. The van der Waals surface area contributed by atoms with Gasteiger partial charge in [0, 0.05) is 6.54 Å². The normalized spacial score (nSPS) is 12.1. The molecule has 1 aromatic heterocycles. The smallest absolute Gasteiger partial charge is 0.230 e. The molecule has 3 aromatic rings. The van der Waals surface area contributed by atoms with Crippen molar-refractivity contribution in [1.29, 1.82) is 0 Å². The predicted octanol–water partition coefficient (Wildman–Crippen LogP) is 3.90. The van der Waals surface area contributed by atoms with Gasteiger partial charge in [-0.05, 0) is 30.2 Å². The molecule has 0 aliphatic rings. The summed E-state index contributed by atoms with van der Waals surface area (Å²) >= 11 is 1.39. The molecule has 3 rings (SSSR count). The quantitative estimate of drug-likeness (QED) is 0.509. The third kappa shape index (κ3) is 3.96. The van der Waals surface area contributed by atoms with Crippen molar-refractivity contribution >= 4 is 28.4 Å². The minimum Gasteiger partial charge on any atom is -0.349 e. The Morgan fingerprint density at radius 3 is 2.85 bits per heavy atom. The summed E-state index contributed by atoms with van der Waals surface area (Å²) in [5.41, 5.74) is 1.12. The van der Waals surface area contributed by atoms with Gasteiger partial charge in [0.25, 0.3) is 0 Å². The van der Waals surface area contributed by atoms with Crippen LogP contribution in [0.25, 0.3) is 10.8 Å². The molecule has 0 radical (unpaired) electrons. The second kappa shape index (κ2) is 8.19. The maximum Gasteiger partial charge on any atom is 0.230 e. The topological polar surface area (TPSA) is 59.8 Å². The molecular weight excluding hydrogens is 344 g/mol. The Morgan fingerprint density at radius 2 is 2.04 bits per heavy atom. The Balaban J connectivity index is 1.65. The Morgan fingerprint density at radius 1 is 1.27 bits per heavy atom. The molecule has 0 saturated carbocycles. The first-order valence-electron chi connectivity index (χ1n) is 8.50. The van der Waals surface area contributed by atoms with Crippen molar-refractivity contribution in [2.24, 2.45) is 0 Å². The zero-order chi connectivity index (χ0) is 18.5. The zero-order valence-electron chi connectivity index (χ0n) is 15.0. The highest BCUT2D eigenvalue weighted by Crippen LogP contribution is 2.24. The van der Waals surface area contributed by atoms with Crippen molar-refractivity contribution in [3.63, 3.8) is 0 Å². The number of fused-ring (bicyclic) bond motifs is 1. The van der Waals surface area contributed by atoms with Gasteiger partial charge in [0.1, 0.15) is 5.82 Å². The fourth-order valence-corrected chi connectivity index (χ4v) is 3.73. The van der Waals surface area contributed by atoms with Crippen molar-refractivity contribution in [2.75, 3.05) is 5.75 Å². The van der Waals surface area contributed by atoms with Gasteiger partial charge < -0.3 is 9.88 Å². The monoisotopic (exact) mass is 366 g/mol. The molecule has 1 unspecified atom stereocenters. The Hall–Kier alpha value is -2.60. The lowest BCUT2D eigenvalue weighted by molar-refractivity contribution is -0.119. The van der Waals surface area contributed by atoms with Gasteiger partial charge in [-0.1, -0.05) is 60.3 Å². The number of aryl methyl sites for hydroxylation is 1. The van der Waals surface area contributed by atoms with Crippen molar-refractivity contribution < 1.29 is 4.79 Å². The van der Waals surface area contributed by atoms with E-state index in [2.05, 4.69) is 46.4 Å². The number of benzene rings is 2. The third-order valence-corrected chi connectivity index (χ3v) is 5.18. The molecule has 26 heavy (non-hydrogen) atoms. The maximum absolute atomic E-state index is 12.4. The standard InChI is InChI=1S/C20H22N4OS/c1-4-12-24-15(3)22-23-20(24)26-13-19(25)21-14(2)17-11-7-9-16-8-5-6-10-18(16)17/h4-11,14H,1,12-13H2,2-3H3,(H,21,25). The number of carbonyl (C=O) groups excluding carboxylic acids is 1. The van der Waals surface area contributed by atoms with Crippen molar-refractivity contribution in [3.05, 3.63) is 66.5 Å². The zero-order valence-corrected chi connectivity index (χ0v) is 15.8. The molecule has 0 fully saturated rings. The van der Waals surface area contributed by atoms with Gasteiger partial charge >= 0.3 is 0 Å². The van der Waals surface area contributed by atoms with Crippen LogP contribution in [-0.2, 0) is 11.3 Å². The van der Waals surface area contributed by atoms with E-state index in [1.54, 1.807) is 6.08 Å². The average Bonchev–Trinajstić information content (AvgIpc) is 3.00. The Labute approximate surface area is 157 Å². The van der Waals surface area contributed by atoms with Gasteiger partial charge in [-0.2, -0.15) is 0 Å². The van der Waals surface area contributed by atoms with E-state index in [-0.39, 0.29) is 11.9 Å². The van der Waals surface area contributed by atoms with Gasteiger partial charge in [-0.15, -0.1) is 16.8 Å². The number of allylic oxidation sites excluding steroid dienone is 1. The second-order valence-corrected chi connectivity index (χ2v) is 7.02. The summed E-state index contributed by atoms with van der Waals surface area (Å²) in [6, 6.07) is 14.3. The van der Waals surface area contributed by atoms with E-state index in [9.17, 15) is 4.79 Å². The number of nitrogens with zero attached hydrogens (tertiary/aromatic N) is 3. The first-order chi connectivity index (χ1) is 12.6. The van der Waals surface area contributed by atoms with Crippen LogP contribution in [0.2, 0.25) is 0 Å². The molecule has 0 bridgehead atoms. The van der Waals surface area contributed by atoms with Gasteiger partial charge in [-0.3, -0.25) is 4.79 Å². The number of aromatic nitrogens is 3. The van der Waals surface area contributed by atoms with Crippen LogP contribution in [0.3, 0.4) is 0 Å². The summed E-state index contributed by atoms with van der Waals surface area (Å²) in [5.74, 6) is 1.09. The first-order valence-corrected chi connectivity index (χ1v) is 9.49.